The summed E-state index contributed by atoms with van der Waals surface area (Å²) in [4.78, 5) is 25.2. The van der Waals surface area contributed by atoms with Crippen LogP contribution in [0.2, 0.25) is 0 Å². The summed E-state index contributed by atoms with van der Waals surface area (Å²) in [6, 6.07) is 8.18. The van der Waals surface area contributed by atoms with Crippen LogP contribution in [0.25, 0.3) is 5.69 Å². The third-order valence-electron chi connectivity index (χ3n) is 6.41. The highest BCUT2D eigenvalue weighted by atomic mass is 16.5. The number of fused-ring (bicyclic) bond motifs is 2. The number of aromatic nitrogens is 1. The van der Waals surface area contributed by atoms with Gasteiger partial charge >= 0.3 is 5.97 Å². The van der Waals surface area contributed by atoms with Crippen LogP contribution in [0.5, 0.6) is 0 Å². The fraction of sp³-hybridized carbons (Fsp3) is 0.417. The van der Waals surface area contributed by atoms with Crippen molar-refractivity contribution in [2.45, 2.75) is 40.5 Å². The van der Waals surface area contributed by atoms with E-state index in [-0.39, 0.29) is 24.3 Å². The molecule has 4 rings (SSSR count). The summed E-state index contributed by atoms with van der Waals surface area (Å²) in [5, 5.41) is 0. The number of carbonyl (C=O) groups is 2. The largest absolute Gasteiger partial charge is 0.457 e. The maximum Gasteiger partial charge on any atom is 0.310 e. The molecule has 2 aliphatic rings. The average molecular weight is 377 g/mol. The number of Topliss-reactive ketones (excluding diaryl/α,β-unsaturated/α-hetero) is 1. The molecule has 1 aromatic carbocycles. The van der Waals surface area contributed by atoms with E-state index < -0.39 is 0 Å². The molecule has 2 bridgehead atoms. The topological polar surface area (TPSA) is 48.3 Å². The Bertz CT molecular complexity index is 982. The molecule has 0 radical (unpaired) electrons. The summed E-state index contributed by atoms with van der Waals surface area (Å²) in [5.74, 6) is 0.353. The van der Waals surface area contributed by atoms with Gasteiger partial charge in [0.1, 0.15) is 0 Å². The molecule has 0 aliphatic heterocycles. The molecular formula is C24H27NO3. The molecule has 0 N–H and O–H groups in total. The van der Waals surface area contributed by atoms with Crippen LogP contribution in [0.3, 0.4) is 0 Å². The van der Waals surface area contributed by atoms with Gasteiger partial charge in [-0.1, -0.05) is 18.2 Å². The second kappa shape index (κ2) is 7.08. The first-order valence-electron chi connectivity index (χ1n) is 10.00. The Morgan fingerprint density at radius 3 is 2.46 bits per heavy atom. The molecule has 1 aromatic heterocycles. The molecule has 28 heavy (non-hydrogen) atoms. The molecule has 0 unspecified atom stereocenters. The van der Waals surface area contributed by atoms with Crippen LogP contribution in [-0.4, -0.2) is 22.9 Å². The zero-order chi connectivity index (χ0) is 20.0. The Balaban J connectivity index is 1.48. The van der Waals surface area contributed by atoms with Gasteiger partial charge in [0.2, 0.25) is 5.78 Å². The van der Waals surface area contributed by atoms with Crippen molar-refractivity contribution in [3.05, 3.63) is 64.5 Å². The van der Waals surface area contributed by atoms with E-state index >= 15 is 0 Å². The first kappa shape index (κ1) is 18.7. The minimum Gasteiger partial charge on any atom is -0.457 e. The van der Waals surface area contributed by atoms with E-state index in [1.807, 2.05) is 19.9 Å². The van der Waals surface area contributed by atoms with E-state index in [4.69, 9.17) is 4.74 Å². The zero-order valence-corrected chi connectivity index (χ0v) is 17.0. The van der Waals surface area contributed by atoms with Gasteiger partial charge in [0.25, 0.3) is 0 Å². The molecule has 146 valence electrons. The molecule has 2 aromatic rings. The predicted octanol–water partition coefficient (Wildman–Crippen LogP) is 4.65. The maximum absolute atomic E-state index is 12.8. The van der Waals surface area contributed by atoms with Crippen LogP contribution in [0.1, 0.15) is 45.7 Å². The number of allylic oxidation sites excluding steroid dienone is 2. The highest BCUT2D eigenvalue weighted by Crippen LogP contribution is 2.43. The Morgan fingerprint density at radius 1 is 1.04 bits per heavy atom. The van der Waals surface area contributed by atoms with Crippen molar-refractivity contribution in [3.63, 3.8) is 0 Å². The van der Waals surface area contributed by atoms with E-state index in [0.29, 0.717) is 17.4 Å². The summed E-state index contributed by atoms with van der Waals surface area (Å²) in [6.07, 6.45) is 6.22. The van der Waals surface area contributed by atoms with Crippen LogP contribution >= 0.6 is 0 Å². The van der Waals surface area contributed by atoms with Crippen molar-refractivity contribution in [3.8, 4) is 5.69 Å². The number of hydrogen-bond acceptors (Lipinski definition) is 3. The minimum atomic E-state index is -0.229. The average Bonchev–Trinajstić information content (AvgIpc) is 3.37. The molecule has 3 atom stereocenters. The molecule has 1 fully saturated rings. The van der Waals surface area contributed by atoms with Crippen molar-refractivity contribution >= 4 is 11.8 Å². The fourth-order valence-electron chi connectivity index (χ4n) is 4.68. The number of aryl methyl sites for hydroxylation is 3. The van der Waals surface area contributed by atoms with Crippen LogP contribution in [0.15, 0.2) is 36.4 Å². The van der Waals surface area contributed by atoms with E-state index in [2.05, 4.69) is 48.8 Å². The Kier molecular flexibility index (Phi) is 4.74. The van der Waals surface area contributed by atoms with Crippen molar-refractivity contribution in [1.29, 1.82) is 0 Å². The molecule has 4 heteroatoms. The first-order valence-corrected chi connectivity index (χ1v) is 10.00. The van der Waals surface area contributed by atoms with Crippen LogP contribution in [0.4, 0.5) is 0 Å². The third-order valence-corrected chi connectivity index (χ3v) is 6.41. The lowest BCUT2D eigenvalue weighted by atomic mass is 9.94. The van der Waals surface area contributed by atoms with Gasteiger partial charge in [-0.2, -0.15) is 0 Å². The van der Waals surface area contributed by atoms with Crippen molar-refractivity contribution in [2.75, 3.05) is 6.61 Å². The van der Waals surface area contributed by atoms with Crippen LogP contribution < -0.4 is 0 Å². The maximum atomic E-state index is 12.8. The number of esters is 1. The molecule has 0 spiro atoms. The first-order chi connectivity index (χ1) is 13.3. The van der Waals surface area contributed by atoms with Gasteiger partial charge in [0, 0.05) is 22.6 Å². The Morgan fingerprint density at radius 2 is 1.82 bits per heavy atom. The smallest absolute Gasteiger partial charge is 0.310 e. The zero-order valence-electron chi connectivity index (χ0n) is 17.0. The summed E-state index contributed by atoms with van der Waals surface area (Å²) in [6.45, 7) is 7.92. The summed E-state index contributed by atoms with van der Waals surface area (Å²) in [7, 11) is 0. The molecule has 2 aliphatic carbocycles. The van der Waals surface area contributed by atoms with Crippen LogP contribution in [-0.2, 0) is 9.53 Å². The third kappa shape index (κ3) is 3.21. The number of carbonyl (C=O) groups excluding carboxylic acids is 2. The van der Waals surface area contributed by atoms with E-state index in [1.54, 1.807) is 0 Å². The standard InChI is InChI=1S/C24H27NO3/c1-14-5-8-20(9-15(14)2)25-16(3)10-21(17(25)4)23(26)13-28-24(27)22-12-18-6-7-19(22)11-18/h5-10,18-19,22H,11-13H2,1-4H3/t18-,19+,22+/m1/s1. The number of ketones is 1. The molecule has 0 amide bonds. The second-order valence-corrected chi connectivity index (χ2v) is 8.31. The number of rotatable bonds is 5. The molecular weight excluding hydrogens is 350 g/mol. The minimum absolute atomic E-state index is 0.0780. The SMILES string of the molecule is Cc1ccc(-n2c(C)cc(C(=O)COC(=O)[C@H]3C[C@@H]4C=C[C@H]3C4)c2C)cc1C. The monoisotopic (exact) mass is 377 g/mol. The fourth-order valence-corrected chi connectivity index (χ4v) is 4.68. The van der Waals surface area contributed by atoms with Gasteiger partial charge in [-0.3, -0.25) is 9.59 Å². The lowest BCUT2D eigenvalue weighted by Gasteiger charge is -2.16. The Labute approximate surface area is 166 Å². The summed E-state index contributed by atoms with van der Waals surface area (Å²) >= 11 is 0. The number of hydrogen-bond donors (Lipinski definition) is 0. The van der Waals surface area contributed by atoms with Gasteiger partial charge in [0.05, 0.1) is 5.92 Å². The quantitative estimate of drug-likeness (QED) is 0.433. The highest BCUT2D eigenvalue weighted by Gasteiger charge is 2.40. The van der Waals surface area contributed by atoms with Crippen molar-refractivity contribution < 1.29 is 14.3 Å². The van der Waals surface area contributed by atoms with Crippen LogP contribution in [0, 0.1) is 45.4 Å². The lowest BCUT2D eigenvalue weighted by molar-refractivity contribution is -0.148. The van der Waals surface area contributed by atoms with E-state index in [0.717, 1.165) is 29.9 Å². The molecule has 1 saturated carbocycles. The highest BCUT2D eigenvalue weighted by molar-refractivity contribution is 5.99. The van der Waals surface area contributed by atoms with Gasteiger partial charge in [-0.25, -0.2) is 0 Å². The number of ether oxygens (including phenoxy) is 1. The normalized spacial score (nSPS) is 22.6. The van der Waals surface area contributed by atoms with Crippen molar-refractivity contribution in [2.24, 2.45) is 17.8 Å². The lowest BCUT2D eigenvalue weighted by Crippen LogP contribution is -2.24. The van der Waals surface area contributed by atoms with E-state index in [9.17, 15) is 9.59 Å². The van der Waals surface area contributed by atoms with Gasteiger partial charge in [0.15, 0.2) is 6.61 Å². The number of nitrogens with zero attached hydrogens (tertiary/aromatic N) is 1. The van der Waals surface area contributed by atoms with E-state index in [1.165, 1.54) is 11.1 Å². The second-order valence-electron chi connectivity index (χ2n) is 8.31. The molecule has 0 saturated heterocycles. The van der Waals surface area contributed by atoms with Gasteiger partial charge < -0.3 is 9.30 Å². The predicted molar refractivity (Wildman–Crippen MR) is 109 cm³/mol. The summed E-state index contributed by atoms with van der Waals surface area (Å²) < 4.78 is 7.49. The molecule has 1 heterocycles. The molecule has 4 nitrogen and oxygen atoms in total. The Hall–Kier alpha value is -2.62. The van der Waals surface area contributed by atoms with Crippen molar-refractivity contribution in [1.82, 2.24) is 4.57 Å². The van der Waals surface area contributed by atoms with Gasteiger partial charge in [-0.15, -0.1) is 0 Å². The van der Waals surface area contributed by atoms with Gasteiger partial charge in [-0.05, 0) is 81.7 Å². The number of benzene rings is 1. The summed E-state index contributed by atoms with van der Waals surface area (Å²) in [5.41, 5.74) is 5.99.